The van der Waals surface area contributed by atoms with Gasteiger partial charge in [0, 0.05) is 12.4 Å². The van der Waals surface area contributed by atoms with Gasteiger partial charge in [-0.3, -0.25) is 0 Å². The van der Waals surface area contributed by atoms with Gasteiger partial charge in [0.25, 0.3) is 0 Å². The van der Waals surface area contributed by atoms with E-state index in [1.54, 1.807) is 18.2 Å². The molecule has 0 saturated heterocycles. The van der Waals surface area contributed by atoms with Gasteiger partial charge in [-0.25, -0.2) is 8.96 Å². The molecular formula is C10H10N2O4S. The quantitative estimate of drug-likeness (QED) is 0.816. The number of methoxy groups -OCH3 is 1. The van der Waals surface area contributed by atoms with Gasteiger partial charge in [0.05, 0.1) is 7.11 Å². The summed E-state index contributed by atoms with van der Waals surface area (Å²) in [5.74, 6) is 0.472. The summed E-state index contributed by atoms with van der Waals surface area (Å²) in [5, 5.41) is 0. The fourth-order valence-corrected chi connectivity index (χ4v) is 2.05. The molecule has 0 amide bonds. The smallest absolute Gasteiger partial charge is 0.414 e. The number of nitrogens with zero attached hydrogens (tertiary/aromatic N) is 2. The minimum absolute atomic E-state index is 0.128. The molecule has 0 aliphatic carbocycles. The van der Waals surface area contributed by atoms with Gasteiger partial charge < -0.3 is 8.92 Å². The second-order valence-electron chi connectivity index (χ2n) is 3.08. The molecule has 2 rings (SSSR count). The Kier molecular flexibility index (Phi) is 3.01. The summed E-state index contributed by atoms with van der Waals surface area (Å²) >= 11 is 0. The number of imidazole rings is 1. The van der Waals surface area contributed by atoms with Crippen molar-refractivity contribution in [3.8, 4) is 11.5 Å². The van der Waals surface area contributed by atoms with Crippen LogP contribution in [-0.4, -0.2) is 24.5 Å². The van der Waals surface area contributed by atoms with E-state index in [4.69, 9.17) is 8.92 Å². The molecule has 0 aliphatic heterocycles. The lowest BCUT2D eigenvalue weighted by Crippen LogP contribution is -2.17. The van der Waals surface area contributed by atoms with Crippen molar-refractivity contribution in [3.05, 3.63) is 43.0 Å². The van der Waals surface area contributed by atoms with Crippen molar-refractivity contribution in [2.75, 3.05) is 7.11 Å². The van der Waals surface area contributed by atoms with E-state index in [0.717, 1.165) is 10.3 Å². The first-order valence-electron chi connectivity index (χ1n) is 4.69. The summed E-state index contributed by atoms with van der Waals surface area (Å²) in [5.41, 5.74) is 0. The number of rotatable bonds is 4. The average Bonchev–Trinajstić information content (AvgIpc) is 2.83. The van der Waals surface area contributed by atoms with Gasteiger partial charge in [-0.2, -0.15) is 8.42 Å². The maximum atomic E-state index is 11.8. The molecule has 0 saturated carbocycles. The highest BCUT2D eigenvalue weighted by atomic mass is 32.2. The highest BCUT2D eigenvalue weighted by Crippen LogP contribution is 2.27. The average molecular weight is 254 g/mol. The van der Waals surface area contributed by atoms with Crippen LogP contribution in [0.15, 0.2) is 43.0 Å². The molecule has 0 radical (unpaired) electrons. The van der Waals surface area contributed by atoms with Gasteiger partial charge in [0.1, 0.15) is 6.33 Å². The molecular weight excluding hydrogens is 244 g/mol. The zero-order chi connectivity index (χ0) is 12.3. The number of benzene rings is 1. The van der Waals surface area contributed by atoms with Crippen LogP contribution in [0.25, 0.3) is 0 Å². The Morgan fingerprint density at radius 3 is 2.53 bits per heavy atom. The molecule has 0 aliphatic rings. The van der Waals surface area contributed by atoms with Gasteiger partial charge in [0.15, 0.2) is 11.5 Å². The first kappa shape index (κ1) is 11.5. The van der Waals surface area contributed by atoms with Crippen molar-refractivity contribution in [3.63, 3.8) is 0 Å². The molecule has 0 unspecified atom stereocenters. The zero-order valence-electron chi connectivity index (χ0n) is 8.98. The Balaban J connectivity index is 2.33. The molecule has 0 bridgehead atoms. The summed E-state index contributed by atoms with van der Waals surface area (Å²) in [6.45, 7) is 0. The predicted octanol–water partition coefficient (Wildman–Crippen LogP) is 1.06. The summed E-state index contributed by atoms with van der Waals surface area (Å²) in [6, 6.07) is 6.49. The first-order valence-corrected chi connectivity index (χ1v) is 6.06. The Bertz CT molecular complexity index is 593. The Hall–Kier alpha value is -2.02. The third-order valence-corrected chi connectivity index (χ3v) is 3.13. The second-order valence-corrected chi connectivity index (χ2v) is 4.53. The van der Waals surface area contributed by atoms with E-state index in [2.05, 4.69) is 4.98 Å². The summed E-state index contributed by atoms with van der Waals surface area (Å²) in [4.78, 5) is 3.65. The summed E-state index contributed by atoms with van der Waals surface area (Å²) in [7, 11) is -2.49. The van der Waals surface area contributed by atoms with Crippen LogP contribution in [0.2, 0.25) is 0 Å². The number of ether oxygens (including phenoxy) is 1. The van der Waals surface area contributed by atoms with Crippen molar-refractivity contribution in [1.82, 2.24) is 8.96 Å². The van der Waals surface area contributed by atoms with Crippen LogP contribution in [0.1, 0.15) is 0 Å². The molecule has 17 heavy (non-hydrogen) atoms. The number of hydrogen-bond acceptors (Lipinski definition) is 5. The number of aromatic nitrogens is 2. The fourth-order valence-electron chi connectivity index (χ4n) is 1.22. The zero-order valence-corrected chi connectivity index (χ0v) is 9.79. The Labute approximate surface area is 98.7 Å². The molecule has 2 aromatic rings. The van der Waals surface area contributed by atoms with Crippen molar-refractivity contribution in [2.45, 2.75) is 0 Å². The molecule has 0 atom stereocenters. The topological polar surface area (TPSA) is 70.4 Å². The summed E-state index contributed by atoms with van der Waals surface area (Å²) in [6.07, 6.45) is 3.78. The van der Waals surface area contributed by atoms with Crippen molar-refractivity contribution >= 4 is 10.3 Å². The lowest BCUT2D eigenvalue weighted by Gasteiger charge is -2.09. The molecule has 7 heteroatoms. The standard InChI is InChI=1S/C10H10N2O4S/c1-15-9-4-2-3-5-10(9)16-17(13,14)12-7-6-11-8-12/h2-8H,1H3. The number of para-hydroxylation sites is 2. The minimum atomic E-state index is -3.93. The lowest BCUT2D eigenvalue weighted by atomic mass is 10.3. The third-order valence-electron chi connectivity index (χ3n) is 2.00. The van der Waals surface area contributed by atoms with E-state index in [9.17, 15) is 8.42 Å². The molecule has 90 valence electrons. The van der Waals surface area contributed by atoms with Crippen LogP contribution >= 0.6 is 0 Å². The Morgan fingerprint density at radius 2 is 1.94 bits per heavy atom. The van der Waals surface area contributed by atoms with Crippen LogP contribution < -0.4 is 8.92 Å². The molecule has 6 nitrogen and oxygen atoms in total. The predicted molar refractivity (Wildman–Crippen MR) is 60.2 cm³/mol. The molecule has 0 N–H and O–H groups in total. The first-order chi connectivity index (χ1) is 8.13. The highest BCUT2D eigenvalue weighted by molar-refractivity contribution is 7.85. The lowest BCUT2D eigenvalue weighted by molar-refractivity contribution is 0.389. The molecule has 1 aromatic heterocycles. The maximum absolute atomic E-state index is 11.8. The van der Waals surface area contributed by atoms with Gasteiger partial charge in [-0.05, 0) is 12.1 Å². The SMILES string of the molecule is COc1ccccc1OS(=O)(=O)n1ccnc1. The third kappa shape index (κ3) is 2.39. The largest absolute Gasteiger partial charge is 0.493 e. The van der Waals surface area contributed by atoms with Crippen molar-refractivity contribution < 1.29 is 17.3 Å². The van der Waals surface area contributed by atoms with Crippen LogP contribution in [0.5, 0.6) is 11.5 Å². The highest BCUT2D eigenvalue weighted by Gasteiger charge is 2.17. The van der Waals surface area contributed by atoms with Crippen LogP contribution in [-0.2, 0) is 10.3 Å². The molecule has 1 aromatic carbocycles. The van der Waals surface area contributed by atoms with Gasteiger partial charge in [0.2, 0.25) is 0 Å². The van der Waals surface area contributed by atoms with Crippen LogP contribution in [0, 0.1) is 0 Å². The molecule has 0 spiro atoms. The second kappa shape index (κ2) is 4.46. The number of hydrogen-bond donors (Lipinski definition) is 0. The summed E-state index contributed by atoms with van der Waals surface area (Å²) < 4.78 is 34.4. The fraction of sp³-hybridized carbons (Fsp3) is 0.100. The van der Waals surface area contributed by atoms with Crippen molar-refractivity contribution in [2.24, 2.45) is 0 Å². The van der Waals surface area contributed by atoms with E-state index in [1.165, 1.54) is 25.6 Å². The minimum Gasteiger partial charge on any atom is -0.493 e. The van der Waals surface area contributed by atoms with Crippen LogP contribution in [0.4, 0.5) is 0 Å². The Morgan fingerprint density at radius 1 is 1.24 bits per heavy atom. The van der Waals surface area contributed by atoms with E-state index in [-0.39, 0.29) is 5.75 Å². The molecule has 0 fully saturated rings. The maximum Gasteiger partial charge on any atom is 0.414 e. The normalized spacial score (nSPS) is 11.1. The van der Waals surface area contributed by atoms with E-state index in [1.807, 2.05) is 0 Å². The van der Waals surface area contributed by atoms with E-state index in [0.29, 0.717) is 5.75 Å². The van der Waals surface area contributed by atoms with Gasteiger partial charge >= 0.3 is 10.3 Å². The van der Waals surface area contributed by atoms with Crippen molar-refractivity contribution in [1.29, 1.82) is 0 Å². The molecule has 1 heterocycles. The monoisotopic (exact) mass is 254 g/mol. The van der Waals surface area contributed by atoms with Gasteiger partial charge in [-0.1, -0.05) is 12.1 Å². The van der Waals surface area contributed by atoms with Gasteiger partial charge in [-0.15, -0.1) is 0 Å². The van der Waals surface area contributed by atoms with E-state index >= 15 is 0 Å². The van der Waals surface area contributed by atoms with E-state index < -0.39 is 10.3 Å². The van der Waals surface area contributed by atoms with Crippen LogP contribution in [0.3, 0.4) is 0 Å².